The highest BCUT2D eigenvalue weighted by atomic mass is 16.6. The molecule has 4 atom stereocenters. The zero-order valence-electron chi connectivity index (χ0n) is 17.3. The fourth-order valence-corrected chi connectivity index (χ4v) is 5.56. The van der Waals surface area contributed by atoms with Gasteiger partial charge in [0, 0.05) is 17.8 Å². The van der Waals surface area contributed by atoms with E-state index in [1.807, 2.05) is 6.92 Å². The predicted octanol–water partition coefficient (Wildman–Crippen LogP) is 2.01. The van der Waals surface area contributed by atoms with E-state index >= 15 is 0 Å². The molecule has 1 saturated heterocycles. The van der Waals surface area contributed by atoms with Crippen LogP contribution in [0, 0.1) is 17.8 Å². The number of amides is 5. The van der Waals surface area contributed by atoms with Crippen LogP contribution in [-0.2, 0) is 14.4 Å². The van der Waals surface area contributed by atoms with Crippen LogP contribution in [0.2, 0.25) is 0 Å². The molecule has 2 aliphatic heterocycles. The first kappa shape index (κ1) is 19.8. The van der Waals surface area contributed by atoms with E-state index in [0.717, 1.165) is 29.1 Å². The zero-order valence-corrected chi connectivity index (χ0v) is 17.3. The van der Waals surface area contributed by atoms with E-state index < -0.39 is 30.3 Å². The molecule has 0 aromatic heterocycles. The minimum absolute atomic E-state index is 0.228. The average molecular weight is 427 g/mol. The third-order valence-electron chi connectivity index (χ3n) is 7.03. The summed E-state index contributed by atoms with van der Waals surface area (Å²) in [5.41, 5.74) is 0.451. The van der Waals surface area contributed by atoms with Crippen LogP contribution in [0.1, 0.15) is 32.6 Å². The van der Waals surface area contributed by atoms with Crippen LogP contribution in [0.4, 0.5) is 10.5 Å². The quantitative estimate of drug-likeness (QED) is 0.569. The number of urea groups is 1. The molecule has 5 rings (SSSR count). The van der Waals surface area contributed by atoms with Crippen molar-refractivity contribution >= 4 is 29.4 Å². The van der Waals surface area contributed by atoms with Gasteiger partial charge in [-0.3, -0.25) is 19.3 Å². The highest BCUT2D eigenvalue weighted by Gasteiger charge is 2.52. The molecule has 1 aromatic rings. The van der Waals surface area contributed by atoms with Crippen LogP contribution in [0.3, 0.4) is 0 Å². The van der Waals surface area contributed by atoms with E-state index in [2.05, 4.69) is 5.32 Å². The number of imide groups is 2. The highest BCUT2D eigenvalue weighted by Crippen LogP contribution is 2.50. The van der Waals surface area contributed by atoms with Crippen molar-refractivity contribution in [1.82, 2.24) is 9.80 Å². The number of ether oxygens (including phenoxy) is 2. The number of hydrogen-bond acceptors (Lipinski definition) is 6. The van der Waals surface area contributed by atoms with Crippen molar-refractivity contribution < 1.29 is 28.7 Å². The van der Waals surface area contributed by atoms with Gasteiger partial charge in [-0.15, -0.1) is 0 Å². The summed E-state index contributed by atoms with van der Waals surface area (Å²) in [5.74, 6) is 0.136. The first-order chi connectivity index (χ1) is 14.9. The van der Waals surface area contributed by atoms with Gasteiger partial charge in [-0.25, -0.2) is 9.69 Å². The second kappa shape index (κ2) is 7.55. The lowest BCUT2D eigenvalue weighted by molar-refractivity contribution is -0.144. The molecule has 1 N–H and O–H groups in total. The van der Waals surface area contributed by atoms with Gasteiger partial charge in [-0.05, 0) is 56.1 Å². The molecule has 0 unspecified atom stereocenters. The summed E-state index contributed by atoms with van der Waals surface area (Å²) in [4.78, 5) is 52.3. The third-order valence-corrected chi connectivity index (χ3v) is 7.03. The molecule has 2 saturated carbocycles. The van der Waals surface area contributed by atoms with Gasteiger partial charge in [0.1, 0.15) is 19.8 Å². The number of nitrogens with zero attached hydrogens (tertiary/aromatic N) is 2. The maximum atomic E-state index is 12.9. The fourth-order valence-electron chi connectivity index (χ4n) is 5.56. The number of carbonyl (C=O) groups excluding carboxylic acids is 4. The van der Waals surface area contributed by atoms with Crippen molar-refractivity contribution in [3.8, 4) is 11.5 Å². The smallest absolute Gasteiger partial charge is 0.334 e. The summed E-state index contributed by atoms with van der Waals surface area (Å²) < 4.78 is 10.9. The molecule has 2 aliphatic carbocycles. The molecule has 9 heteroatoms. The molecule has 0 spiro atoms. The molecule has 4 aliphatic rings. The van der Waals surface area contributed by atoms with Gasteiger partial charge in [0.2, 0.25) is 5.91 Å². The number of hydrogen-bond donors (Lipinski definition) is 1. The largest absolute Gasteiger partial charge is 0.486 e. The molecule has 1 aromatic carbocycles. The number of carbonyl (C=O) groups is 4. The van der Waals surface area contributed by atoms with Crippen LogP contribution in [-0.4, -0.2) is 59.4 Å². The number of anilines is 1. The molecular weight excluding hydrogens is 402 g/mol. The van der Waals surface area contributed by atoms with Crippen LogP contribution >= 0.6 is 0 Å². The Balaban J connectivity index is 1.25. The van der Waals surface area contributed by atoms with Crippen LogP contribution < -0.4 is 14.8 Å². The van der Waals surface area contributed by atoms with Crippen molar-refractivity contribution in [2.24, 2.45) is 17.8 Å². The number of nitrogens with one attached hydrogen (secondary N) is 1. The molecule has 2 heterocycles. The Labute approximate surface area is 179 Å². The lowest BCUT2D eigenvalue weighted by Crippen LogP contribution is -2.45. The Kier molecular flexibility index (Phi) is 4.83. The van der Waals surface area contributed by atoms with Crippen LogP contribution in [0.25, 0.3) is 0 Å². The SMILES string of the molecule is C[C@H]([C@H]1C[C@H]2CC[C@H]1C2)N1C(=O)C(=O)N(CC(=O)Nc2ccc3c(c2)OCCO3)C1=O. The standard InChI is InChI=1S/C22H25N3O6/c1-12(16-9-13-2-3-14(16)8-13)25-21(28)20(27)24(22(25)29)11-19(26)23-15-4-5-17-18(10-15)31-7-6-30-17/h4-5,10,12-14,16H,2-3,6-9,11H2,1H3,(H,23,26)/t12-,13+,14+,16-/m1/s1. The Morgan fingerprint density at radius 1 is 1.10 bits per heavy atom. The molecule has 31 heavy (non-hydrogen) atoms. The molecular formula is C22H25N3O6. The maximum Gasteiger partial charge on any atom is 0.334 e. The minimum atomic E-state index is -0.947. The van der Waals surface area contributed by atoms with Gasteiger partial charge >= 0.3 is 17.8 Å². The van der Waals surface area contributed by atoms with Gasteiger partial charge in [0.15, 0.2) is 11.5 Å². The first-order valence-electron chi connectivity index (χ1n) is 10.8. The van der Waals surface area contributed by atoms with Crippen LogP contribution in [0.15, 0.2) is 18.2 Å². The van der Waals surface area contributed by atoms with Crippen molar-refractivity contribution in [1.29, 1.82) is 0 Å². The molecule has 3 fully saturated rings. The Morgan fingerprint density at radius 2 is 1.87 bits per heavy atom. The highest BCUT2D eigenvalue weighted by molar-refractivity contribution is 6.45. The minimum Gasteiger partial charge on any atom is -0.486 e. The van der Waals surface area contributed by atoms with E-state index in [9.17, 15) is 19.2 Å². The van der Waals surface area contributed by atoms with Crippen molar-refractivity contribution in [2.75, 3.05) is 25.1 Å². The fraction of sp³-hybridized carbons (Fsp3) is 0.545. The Morgan fingerprint density at radius 3 is 2.58 bits per heavy atom. The second-order valence-corrected chi connectivity index (χ2v) is 8.83. The molecule has 9 nitrogen and oxygen atoms in total. The lowest BCUT2D eigenvalue weighted by atomic mass is 9.83. The summed E-state index contributed by atoms with van der Waals surface area (Å²) in [6.07, 6.45) is 4.45. The van der Waals surface area contributed by atoms with Crippen molar-refractivity contribution in [3.63, 3.8) is 0 Å². The molecule has 5 amide bonds. The summed E-state index contributed by atoms with van der Waals surface area (Å²) in [6, 6.07) is 3.90. The zero-order chi connectivity index (χ0) is 21.7. The Bertz CT molecular complexity index is 963. The molecule has 2 bridgehead atoms. The van der Waals surface area contributed by atoms with E-state index in [1.54, 1.807) is 18.2 Å². The monoisotopic (exact) mass is 427 g/mol. The van der Waals surface area contributed by atoms with Gasteiger partial charge in [0.05, 0.1) is 0 Å². The molecule has 164 valence electrons. The lowest BCUT2D eigenvalue weighted by Gasteiger charge is -2.32. The number of benzene rings is 1. The summed E-state index contributed by atoms with van der Waals surface area (Å²) >= 11 is 0. The summed E-state index contributed by atoms with van der Waals surface area (Å²) in [6.45, 7) is 2.20. The first-order valence-corrected chi connectivity index (χ1v) is 10.8. The maximum absolute atomic E-state index is 12.9. The predicted molar refractivity (Wildman–Crippen MR) is 108 cm³/mol. The van der Waals surface area contributed by atoms with Gasteiger partial charge in [-0.1, -0.05) is 6.42 Å². The van der Waals surface area contributed by atoms with Crippen molar-refractivity contribution in [2.45, 2.75) is 38.6 Å². The second-order valence-electron chi connectivity index (χ2n) is 8.83. The van der Waals surface area contributed by atoms with E-state index in [0.29, 0.717) is 42.2 Å². The van der Waals surface area contributed by atoms with Gasteiger partial charge < -0.3 is 14.8 Å². The third kappa shape index (κ3) is 3.41. The summed E-state index contributed by atoms with van der Waals surface area (Å²) in [5, 5.41) is 2.65. The summed E-state index contributed by atoms with van der Waals surface area (Å²) in [7, 11) is 0. The van der Waals surface area contributed by atoms with E-state index in [-0.39, 0.29) is 12.0 Å². The molecule has 0 radical (unpaired) electrons. The van der Waals surface area contributed by atoms with E-state index in [4.69, 9.17) is 9.47 Å². The van der Waals surface area contributed by atoms with E-state index in [1.165, 1.54) is 6.42 Å². The topological polar surface area (TPSA) is 105 Å². The Hall–Kier alpha value is -3.10. The average Bonchev–Trinajstić information content (AvgIpc) is 3.45. The normalized spacial score (nSPS) is 27.8. The van der Waals surface area contributed by atoms with Gasteiger partial charge in [0.25, 0.3) is 0 Å². The van der Waals surface area contributed by atoms with Crippen LogP contribution in [0.5, 0.6) is 11.5 Å². The van der Waals surface area contributed by atoms with Gasteiger partial charge in [-0.2, -0.15) is 0 Å². The number of rotatable bonds is 5. The van der Waals surface area contributed by atoms with Crippen molar-refractivity contribution in [3.05, 3.63) is 18.2 Å². The number of fused-ring (bicyclic) bond motifs is 3.